The fourth-order valence-electron chi connectivity index (χ4n) is 0.955. The Morgan fingerprint density at radius 1 is 1.57 bits per heavy atom. The second kappa shape index (κ2) is 6.58. The van der Waals surface area contributed by atoms with Crippen molar-refractivity contribution in [1.29, 1.82) is 0 Å². The molecule has 0 aliphatic carbocycles. The molecule has 0 radical (unpaired) electrons. The number of amides is 1. The summed E-state index contributed by atoms with van der Waals surface area (Å²) >= 11 is 8.31. The van der Waals surface area contributed by atoms with Gasteiger partial charge in [-0.25, -0.2) is 0 Å². The van der Waals surface area contributed by atoms with E-state index in [2.05, 4.69) is 37.2 Å². The van der Waals surface area contributed by atoms with Gasteiger partial charge in [-0.1, -0.05) is 15.9 Å². The van der Waals surface area contributed by atoms with Gasteiger partial charge in [0.1, 0.15) is 0 Å². The van der Waals surface area contributed by atoms with Crippen molar-refractivity contribution in [3.8, 4) is 0 Å². The maximum atomic E-state index is 11.2. The minimum atomic E-state index is 0.117. The van der Waals surface area contributed by atoms with E-state index in [0.29, 0.717) is 13.0 Å². The van der Waals surface area contributed by atoms with E-state index in [1.165, 1.54) is 0 Å². The number of alkyl halides is 1. The number of carbonyl (C=O) groups is 1. The lowest BCUT2D eigenvalue weighted by molar-refractivity contribution is -0.121. The van der Waals surface area contributed by atoms with Crippen LogP contribution in [0.4, 0.5) is 0 Å². The Morgan fingerprint density at radius 2 is 2.36 bits per heavy atom. The highest BCUT2D eigenvalue weighted by Gasteiger charge is 2.01. The van der Waals surface area contributed by atoms with Crippen LogP contribution in [0.3, 0.4) is 0 Å². The molecule has 1 N–H and O–H groups in total. The molecular weight excluding hydrogens is 330 g/mol. The first-order chi connectivity index (χ1) is 6.72. The van der Waals surface area contributed by atoms with Crippen LogP contribution in [0, 0.1) is 0 Å². The number of hydrogen-bond donors (Lipinski definition) is 1. The van der Waals surface area contributed by atoms with Crippen LogP contribution >= 0.6 is 43.2 Å². The van der Waals surface area contributed by atoms with Gasteiger partial charge in [-0.2, -0.15) is 0 Å². The van der Waals surface area contributed by atoms with Crippen LogP contribution in [0.1, 0.15) is 18.4 Å². The fraction of sp³-hybridized carbons (Fsp3) is 0.444. The molecule has 0 aromatic carbocycles. The number of hydrogen-bond acceptors (Lipinski definition) is 2. The number of carbonyl (C=O) groups excluding carboxylic acids is 1. The molecule has 0 saturated heterocycles. The van der Waals surface area contributed by atoms with Gasteiger partial charge in [0.25, 0.3) is 0 Å². The fourth-order valence-corrected chi connectivity index (χ4v) is 2.44. The molecule has 0 aliphatic heterocycles. The number of rotatable bonds is 5. The van der Waals surface area contributed by atoms with E-state index in [1.807, 2.05) is 11.4 Å². The molecule has 2 nitrogen and oxygen atoms in total. The van der Waals surface area contributed by atoms with Gasteiger partial charge in [-0.15, -0.1) is 11.3 Å². The molecule has 0 atom stereocenters. The van der Waals surface area contributed by atoms with Gasteiger partial charge in [0.05, 0.1) is 3.79 Å². The molecule has 0 fully saturated rings. The summed E-state index contributed by atoms with van der Waals surface area (Å²) < 4.78 is 1.10. The summed E-state index contributed by atoms with van der Waals surface area (Å²) in [6.07, 6.45) is 1.48. The molecule has 1 rings (SSSR count). The summed E-state index contributed by atoms with van der Waals surface area (Å²) in [6.45, 7) is 0.628. The second-order valence-electron chi connectivity index (χ2n) is 2.83. The number of nitrogens with one attached hydrogen (secondary N) is 1. The van der Waals surface area contributed by atoms with Crippen molar-refractivity contribution in [3.63, 3.8) is 0 Å². The average molecular weight is 341 g/mol. The van der Waals surface area contributed by atoms with Crippen molar-refractivity contribution >= 4 is 49.1 Å². The summed E-state index contributed by atoms with van der Waals surface area (Å²) in [6, 6.07) is 2.02. The third kappa shape index (κ3) is 4.57. The first-order valence-corrected chi connectivity index (χ1v) is 7.07. The lowest BCUT2D eigenvalue weighted by Gasteiger charge is -2.01. The van der Waals surface area contributed by atoms with Gasteiger partial charge in [0.15, 0.2) is 0 Å². The van der Waals surface area contributed by atoms with Gasteiger partial charge in [-0.05, 0) is 39.4 Å². The monoisotopic (exact) mass is 339 g/mol. The molecular formula is C9H11Br2NOS. The van der Waals surface area contributed by atoms with Crippen LogP contribution in [-0.4, -0.2) is 11.2 Å². The van der Waals surface area contributed by atoms with Gasteiger partial charge in [-0.3, -0.25) is 4.79 Å². The molecule has 0 bridgehead atoms. The van der Waals surface area contributed by atoms with Crippen LogP contribution in [0.15, 0.2) is 15.2 Å². The van der Waals surface area contributed by atoms with Crippen molar-refractivity contribution < 1.29 is 4.79 Å². The van der Waals surface area contributed by atoms with E-state index in [-0.39, 0.29) is 5.91 Å². The van der Waals surface area contributed by atoms with Crippen molar-refractivity contribution in [2.24, 2.45) is 0 Å². The van der Waals surface area contributed by atoms with E-state index in [0.717, 1.165) is 21.1 Å². The maximum absolute atomic E-state index is 11.2. The average Bonchev–Trinajstić information content (AvgIpc) is 2.58. The molecule has 1 heterocycles. The minimum absolute atomic E-state index is 0.117. The van der Waals surface area contributed by atoms with Gasteiger partial charge >= 0.3 is 0 Å². The van der Waals surface area contributed by atoms with E-state index < -0.39 is 0 Å². The van der Waals surface area contributed by atoms with Crippen LogP contribution in [0.5, 0.6) is 0 Å². The van der Waals surface area contributed by atoms with Gasteiger partial charge in [0.2, 0.25) is 5.91 Å². The van der Waals surface area contributed by atoms with Crippen LogP contribution in [0.25, 0.3) is 0 Å². The molecule has 1 aromatic rings. The molecule has 0 aliphatic rings. The van der Waals surface area contributed by atoms with E-state index in [1.54, 1.807) is 11.3 Å². The van der Waals surface area contributed by atoms with Crippen LogP contribution in [-0.2, 0) is 11.3 Å². The summed E-state index contributed by atoms with van der Waals surface area (Å²) in [5.74, 6) is 0.117. The van der Waals surface area contributed by atoms with E-state index in [9.17, 15) is 4.79 Å². The van der Waals surface area contributed by atoms with Crippen molar-refractivity contribution in [2.45, 2.75) is 19.4 Å². The Hall–Kier alpha value is 0.130. The molecule has 1 amide bonds. The van der Waals surface area contributed by atoms with Crippen LogP contribution < -0.4 is 5.32 Å². The number of halogens is 2. The topological polar surface area (TPSA) is 29.1 Å². The third-order valence-corrected chi connectivity index (χ3v) is 3.76. The predicted octanol–water partition coefficient (Wildman–Crippen LogP) is 3.30. The maximum Gasteiger partial charge on any atom is 0.220 e. The molecule has 0 unspecified atom stereocenters. The normalized spacial score (nSPS) is 10.1. The van der Waals surface area contributed by atoms with Crippen molar-refractivity contribution in [2.75, 3.05) is 5.33 Å². The Kier molecular flexibility index (Phi) is 5.74. The zero-order valence-electron chi connectivity index (χ0n) is 7.56. The standard InChI is InChI=1S/C9H11Br2NOS/c10-3-1-2-9(13)12-5-7-4-8(11)14-6-7/h4,6H,1-3,5H2,(H,12,13). The van der Waals surface area contributed by atoms with Crippen molar-refractivity contribution in [3.05, 3.63) is 20.8 Å². The summed E-state index contributed by atoms with van der Waals surface area (Å²) in [5.41, 5.74) is 1.15. The van der Waals surface area contributed by atoms with Gasteiger partial charge in [0, 0.05) is 18.3 Å². The Labute approximate surface area is 104 Å². The molecule has 0 saturated carbocycles. The highest BCUT2D eigenvalue weighted by atomic mass is 79.9. The lowest BCUT2D eigenvalue weighted by Crippen LogP contribution is -2.22. The number of thiophene rings is 1. The Bertz CT molecular complexity index is 301. The molecule has 1 aromatic heterocycles. The summed E-state index contributed by atoms with van der Waals surface area (Å²) in [5, 5.41) is 5.79. The summed E-state index contributed by atoms with van der Waals surface area (Å²) in [4.78, 5) is 11.2. The smallest absolute Gasteiger partial charge is 0.220 e. The SMILES string of the molecule is O=C(CCCBr)NCc1csc(Br)c1. The first-order valence-electron chi connectivity index (χ1n) is 4.28. The third-order valence-electron chi connectivity index (χ3n) is 1.65. The molecule has 14 heavy (non-hydrogen) atoms. The van der Waals surface area contributed by atoms with Crippen molar-refractivity contribution in [1.82, 2.24) is 5.32 Å². The Morgan fingerprint density at radius 3 is 2.93 bits per heavy atom. The van der Waals surface area contributed by atoms with Gasteiger partial charge < -0.3 is 5.32 Å². The molecule has 5 heteroatoms. The quantitative estimate of drug-likeness (QED) is 0.819. The Balaban J connectivity index is 2.23. The minimum Gasteiger partial charge on any atom is -0.352 e. The highest BCUT2D eigenvalue weighted by molar-refractivity contribution is 9.11. The zero-order chi connectivity index (χ0) is 10.4. The largest absolute Gasteiger partial charge is 0.352 e. The summed E-state index contributed by atoms with van der Waals surface area (Å²) in [7, 11) is 0. The van der Waals surface area contributed by atoms with Crippen LogP contribution in [0.2, 0.25) is 0 Å². The first kappa shape index (κ1) is 12.2. The lowest BCUT2D eigenvalue weighted by atomic mass is 10.3. The second-order valence-corrected chi connectivity index (χ2v) is 5.91. The van der Waals surface area contributed by atoms with E-state index in [4.69, 9.17) is 0 Å². The molecule has 0 spiro atoms. The van der Waals surface area contributed by atoms with E-state index >= 15 is 0 Å². The highest BCUT2D eigenvalue weighted by Crippen LogP contribution is 2.20. The zero-order valence-corrected chi connectivity index (χ0v) is 11.5. The predicted molar refractivity (Wildman–Crippen MR) is 66.9 cm³/mol. The molecule has 78 valence electrons.